The van der Waals surface area contributed by atoms with Gasteiger partial charge in [-0.1, -0.05) is 156 Å². The van der Waals surface area contributed by atoms with E-state index in [1.165, 1.54) is 27.8 Å². The molecule has 1 atom stereocenters. The number of hydrogen-bond donors (Lipinski definition) is 1. The first kappa shape index (κ1) is 33.0. The lowest BCUT2D eigenvalue weighted by Gasteiger charge is -2.32. The Morgan fingerprint density at radius 2 is 0.930 bits per heavy atom. The summed E-state index contributed by atoms with van der Waals surface area (Å²) < 4.78 is 6.10. The van der Waals surface area contributed by atoms with Gasteiger partial charge in [-0.15, -0.1) is 0 Å². The lowest BCUT2D eigenvalue weighted by molar-refractivity contribution is 0.515. The van der Waals surface area contributed by atoms with Crippen molar-refractivity contribution in [3.8, 4) is 39.1 Å². The molecule has 0 amide bonds. The summed E-state index contributed by atoms with van der Waals surface area (Å²) in [4.78, 5) is 10.1. The summed E-state index contributed by atoms with van der Waals surface area (Å²) in [6, 6.07) is 28.8. The lowest BCUT2D eigenvalue weighted by Crippen LogP contribution is -2.18. The summed E-state index contributed by atoms with van der Waals surface area (Å²) in [6.45, 7) is 27.4. The molecule has 0 aliphatic rings. The summed E-state index contributed by atoms with van der Waals surface area (Å²) in [5.41, 5.74) is 11.8. The van der Waals surface area contributed by atoms with Crippen LogP contribution in [0.15, 0.2) is 78.9 Å². The van der Waals surface area contributed by atoms with Crippen LogP contribution in [0.2, 0.25) is 0 Å². The second-order valence-electron chi connectivity index (χ2n) is 15.9. The highest BCUT2D eigenvalue weighted by atomic mass is 31.1. The predicted molar refractivity (Wildman–Crippen MR) is 189 cm³/mol. The van der Waals surface area contributed by atoms with E-state index in [4.69, 9.17) is 4.52 Å². The Morgan fingerprint density at radius 3 is 1.35 bits per heavy atom. The van der Waals surface area contributed by atoms with Gasteiger partial charge in [-0.3, -0.25) is 0 Å². The molecule has 228 valence electrons. The lowest BCUT2D eigenvalue weighted by atomic mass is 9.73. The molecule has 4 aromatic rings. The van der Waals surface area contributed by atoms with E-state index in [1.54, 1.807) is 0 Å². The minimum Gasteiger partial charge on any atom is -0.449 e. The maximum absolute atomic E-state index is 10.1. The molecular formula is C40H51O2P. The molecule has 2 nitrogen and oxygen atoms in total. The van der Waals surface area contributed by atoms with Crippen LogP contribution in [0.1, 0.15) is 105 Å². The van der Waals surface area contributed by atoms with Gasteiger partial charge in [0.1, 0.15) is 5.75 Å². The molecule has 0 aliphatic carbocycles. The van der Waals surface area contributed by atoms with Gasteiger partial charge in [-0.2, -0.15) is 0 Å². The molecule has 0 aliphatic heterocycles. The molecule has 0 bridgehead atoms. The average Bonchev–Trinajstić information content (AvgIpc) is 2.91. The standard InChI is InChI=1S/C40H51O2P/c1-37(2,3)27-18-20-30(32(24-27)39(7,8)9)35-29(26-16-14-13-15-17-26)22-23-34(42-43-41)36(35)31-21-19-28(38(4,5)6)25-33(31)40(10,11)12/h13-25,41,43H,1-12H3. The van der Waals surface area contributed by atoms with Crippen LogP contribution in [0.5, 0.6) is 5.75 Å². The second kappa shape index (κ2) is 11.9. The van der Waals surface area contributed by atoms with Gasteiger partial charge in [0.15, 0.2) is 0 Å². The Hall–Kier alpha value is -2.93. The highest BCUT2D eigenvalue weighted by Gasteiger charge is 2.30. The van der Waals surface area contributed by atoms with Crippen LogP contribution in [0.4, 0.5) is 0 Å². The summed E-state index contributed by atoms with van der Waals surface area (Å²) in [6.07, 6.45) is 0. The first-order valence-corrected chi connectivity index (χ1v) is 16.3. The summed E-state index contributed by atoms with van der Waals surface area (Å²) in [5, 5.41) is 0. The van der Waals surface area contributed by atoms with Gasteiger partial charge in [-0.25, -0.2) is 0 Å². The van der Waals surface area contributed by atoms with E-state index in [-0.39, 0.29) is 21.7 Å². The molecule has 0 saturated carbocycles. The van der Waals surface area contributed by atoms with Crippen LogP contribution in [-0.4, -0.2) is 4.89 Å². The van der Waals surface area contributed by atoms with Crippen LogP contribution in [-0.2, 0) is 21.7 Å². The van der Waals surface area contributed by atoms with Crippen molar-refractivity contribution >= 4 is 9.03 Å². The zero-order chi connectivity index (χ0) is 32.0. The van der Waals surface area contributed by atoms with Crippen LogP contribution < -0.4 is 4.52 Å². The maximum atomic E-state index is 10.1. The molecular weight excluding hydrogens is 543 g/mol. The molecule has 3 heteroatoms. The smallest absolute Gasteiger partial charge is 0.212 e. The minimum absolute atomic E-state index is 0.0151. The van der Waals surface area contributed by atoms with E-state index in [2.05, 4.69) is 156 Å². The fourth-order valence-corrected chi connectivity index (χ4v) is 6.09. The summed E-state index contributed by atoms with van der Waals surface area (Å²) in [5.74, 6) is 0.698. The highest BCUT2D eigenvalue weighted by Crippen LogP contribution is 2.51. The van der Waals surface area contributed by atoms with Crippen molar-refractivity contribution in [3.05, 3.63) is 101 Å². The third-order valence-electron chi connectivity index (χ3n) is 8.33. The van der Waals surface area contributed by atoms with Gasteiger partial charge >= 0.3 is 0 Å². The Kier molecular flexibility index (Phi) is 9.10. The quantitative estimate of drug-likeness (QED) is 0.233. The van der Waals surface area contributed by atoms with Crippen LogP contribution >= 0.6 is 9.03 Å². The van der Waals surface area contributed by atoms with Crippen molar-refractivity contribution in [2.24, 2.45) is 0 Å². The number of rotatable bonds is 5. The zero-order valence-corrected chi connectivity index (χ0v) is 29.4. The van der Waals surface area contributed by atoms with Crippen molar-refractivity contribution in [2.75, 3.05) is 0 Å². The first-order valence-electron chi connectivity index (χ1n) is 15.4. The van der Waals surface area contributed by atoms with Crippen molar-refractivity contribution in [2.45, 2.75) is 105 Å². The molecule has 0 aromatic heterocycles. The van der Waals surface area contributed by atoms with Crippen LogP contribution in [0, 0.1) is 0 Å². The van der Waals surface area contributed by atoms with E-state index in [0.717, 1.165) is 27.8 Å². The first-order chi connectivity index (χ1) is 19.8. The molecule has 0 spiro atoms. The molecule has 1 N–H and O–H groups in total. The van der Waals surface area contributed by atoms with Crippen molar-refractivity contribution < 1.29 is 9.42 Å². The normalized spacial score (nSPS) is 13.1. The second-order valence-corrected chi connectivity index (χ2v) is 16.3. The van der Waals surface area contributed by atoms with Gasteiger partial charge in [0.2, 0.25) is 9.03 Å². The Balaban J connectivity index is 2.26. The highest BCUT2D eigenvalue weighted by molar-refractivity contribution is 7.25. The van der Waals surface area contributed by atoms with Gasteiger partial charge in [0, 0.05) is 11.1 Å². The average molecular weight is 595 g/mol. The molecule has 43 heavy (non-hydrogen) atoms. The van der Waals surface area contributed by atoms with E-state index >= 15 is 0 Å². The van der Waals surface area contributed by atoms with E-state index in [9.17, 15) is 4.89 Å². The Morgan fingerprint density at radius 1 is 0.488 bits per heavy atom. The monoisotopic (exact) mass is 594 g/mol. The van der Waals surface area contributed by atoms with Gasteiger partial charge in [-0.05, 0) is 72.2 Å². The Bertz CT molecular complexity index is 1590. The summed E-state index contributed by atoms with van der Waals surface area (Å²) in [7, 11) is -0.657. The molecule has 0 saturated heterocycles. The van der Waals surface area contributed by atoms with Gasteiger partial charge in [0.25, 0.3) is 0 Å². The van der Waals surface area contributed by atoms with Gasteiger partial charge in [0.05, 0.1) is 0 Å². The van der Waals surface area contributed by atoms with Crippen molar-refractivity contribution in [3.63, 3.8) is 0 Å². The molecule has 4 rings (SSSR count). The SMILES string of the molecule is CC(C)(C)c1ccc(-c2c(OPO)ccc(-c3ccccc3)c2-c2ccc(C(C)(C)C)cc2C(C)(C)C)c(C(C)(C)C)c1. The van der Waals surface area contributed by atoms with Crippen molar-refractivity contribution in [1.29, 1.82) is 0 Å². The fraction of sp³-hybridized carbons (Fsp3) is 0.400. The largest absolute Gasteiger partial charge is 0.449 e. The molecule has 0 fully saturated rings. The fourth-order valence-electron chi connectivity index (χ4n) is 5.82. The third-order valence-corrected chi connectivity index (χ3v) is 8.64. The third kappa shape index (κ3) is 7.08. The van der Waals surface area contributed by atoms with E-state index in [1.807, 2.05) is 6.07 Å². The van der Waals surface area contributed by atoms with E-state index in [0.29, 0.717) is 5.75 Å². The zero-order valence-electron chi connectivity index (χ0n) is 28.4. The molecule has 4 aromatic carbocycles. The number of hydrogen-bond acceptors (Lipinski definition) is 2. The van der Waals surface area contributed by atoms with Crippen LogP contribution in [0.3, 0.4) is 0 Å². The topological polar surface area (TPSA) is 29.5 Å². The maximum Gasteiger partial charge on any atom is 0.212 e. The van der Waals surface area contributed by atoms with Crippen molar-refractivity contribution in [1.82, 2.24) is 0 Å². The predicted octanol–water partition coefficient (Wildman–Crippen LogP) is 11.8. The molecule has 0 heterocycles. The van der Waals surface area contributed by atoms with Gasteiger partial charge < -0.3 is 9.42 Å². The Labute approximate surface area is 262 Å². The summed E-state index contributed by atoms with van der Waals surface area (Å²) >= 11 is 0. The minimum atomic E-state index is -0.657. The van der Waals surface area contributed by atoms with Crippen LogP contribution in [0.25, 0.3) is 33.4 Å². The van der Waals surface area contributed by atoms with E-state index < -0.39 is 9.03 Å². The number of benzene rings is 4. The molecule has 1 unspecified atom stereocenters. The molecule has 0 radical (unpaired) electrons.